The fraction of sp³-hybridized carbons (Fsp3) is 0.647. The predicted octanol–water partition coefficient (Wildman–Crippen LogP) is 1.34. The fourth-order valence-corrected chi connectivity index (χ4v) is 3.25. The highest BCUT2D eigenvalue weighted by atomic mass is 35.5. The molecule has 2 saturated heterocycles. The molecule has 0 radical (unpaired) electrons. The SMILES string of the molecule is CC(Nc1ncc(C(=O)N2CCOCC2)cc1Cl)C1CN(C)CCO1. The summed E-state index contributed by atoms with van der Waals surface area (Å²) in [4.78, 5) is 20.9. The zero-order chi connectivity index (χ0) is 17.8. The number of nitrogens with zero attached hydrogens (tertiary/aromatic N) is 3. The predicted molar refractivity (Wildman–Crippen MR) is 96.3 cm³/mol. The lowest BCUT2D eigenvalue weighted by atomic mass is 10.1. The van der Waals surface area contributed by atoms with Gasteiger partial charge >= 0.3 is 0 Å². The van der Waals surface area contributed by atoms with Gasteiger partial charge in [-0.1, -0.05) is 11.6 Å². The van der Waals surface area contributed by atoms with Crippen LogP contribution < -0.4 is 5.32 Å². The summed E-state index contributed by atoms with van der Waals surface area (Å²) >= 11 is 6.35. The Morgan fingerprint density at radius 2 is 2.12 bits per heavy atom. The molecule has 3 rings (SSSR count). The highest BCUT2D eigenvalue weighted by Crippen LogP contribution is 2.23. The van der Waals surface area contributed by atoms with E-state index in [0.29, 0.717) is 42.7 Å². The number of rotatable bonds is 4. The molecule has 1 N–H and O–H groups in total. The maximum Gasteiger partial charge on any atom is 0.255 e. The third-order valence-electron chi connectivity index (χ3n) is 4.61. The van der Waals surface area contributed by atoms with Gasteiger partial charge in [-0.3, -0.25) is 4.79 Å². The number of pyridine rings is 1. The van der Waals surface area contributed by atoms with E-state index in [1.807, 2.05) is 0 Å². The Kier molecular flexibility index (Phi) is 6.11. The molecule has 0 saturated carbocycles. The van der Waals surface area contributed by atoms with E-state index in [4.69, 9.17) is 21.1 Å². The number of anilines is 1. The number of hydrogen-bond acceptors (Lipinski definition) is 6. The van der Waals surface area contributed by atoms with Gasteiger partial charge in [-0.05, 0) is 20.0 Å². The molecule has 3 heterocycles. The van der Waals surface area contributed by atoms with E-state index in [1.54, 1.807) is 17.2 Å². The Bertz CT molecular complexity index is 610. The van der Waals surface area contributed by atoms with Gasteiger partial charge in [0.25, 0.3) is 5.91 Å². The van der Waals surface area contributed by atoms with Crippen molar-refractivity contribution in [3.8, 4) is 0 Å². The van der Waals surface area contributed by atoms with Gasteiger partial charge in [0.15, 0.2) is 0 Å². The van der Waals surface area contributed by atoms with Crippen molar-refractivity contribution < 1.29 is 14.3 Å². The van der Waals surface area contributed by atoms with Crippen LogP contribution in [0.25, 0.3) is 0 Å². The molecule has 2 aliphatic heterocycles. The molecule has 2 aliphatic rings. The van der Waals surface area contributed by atoms with Gasteiger partial charge in [0.1, 0.15) is 5.82 Å². The summed E-state index contributed by atoms with van der Waals surface area (Å²) in [5, 5.41) is 3.75. The lowest BCUT2D eigenvalue weighted by Gasteiger charge is -2.34. The van der Waals surface area contributed by atoms with Crippen molar-refractivity contribution in [3.05, 3.63) is 22.8 Å². The molecule has 2 fully saturated rings. The largest absolute Gasteiger partial charge is 0.378 e. The molecule has 2 unspecified atom stereocenters. The molecule has 7 nitrogen and oxygen atoms in total. The number of ether oxygens (including phenoxy) is 2. The van der Waals surface area contributed by atoms with Crippen molar-refractivity contribution in [2.24, 2.45) is 0 Å². The van der Waals surface area contributed by atoms with Crippen molar-refractivity contribution in [1.29, 1.82) is 0 Å². The van der Waals surface area contributed by atoms with Crippen molar-refractivity contribution >= 4 is 23.3 Å². The van der Waals surface area contributed by atoms with Crippen LogP contribution in [-0.2, 0) is 9.47 Å². The number of morpholine rings is 2. The zero-order valence-electron chi connectivity index (χ0n) is 14.7. The number of aromatic nitrogens is 1. The van der Waals surface area contributed by atoms with Crippen LogP contribution in [0.3, 0.4) is 0 Å². The lowest BCUT2D eigenvalue weighted by Crippen LogP contribution is -2.47. The molecular weight excluding hydrogens is 344 g/mol. The first kappa shape index (κ1) is 18.4. The second kappa shape index (κ2) is 8.31. The van der Waals surface area contributed by atoms with Crippen LogP contribution in [0.1, 0.15) is 17.3 Å². The van der Waals surface area contributed by atoms with Crippen molar-refractivity contribution in [3.63, 3.8) is 0 Å². The second-order valence-corrected chi connectivity index (χ2v) is 6.97. The van der Waals surface area contributed by atoms with Crippen molar-refractivity contribution in [2.75, 3.05) is 58.4 Å². The first-order valence-corrected chi connectivity index (χ1v) is 9.01. The van der Waals surface area contributed by atoms with E-state index < -0.39 is 0 Å². The van der Waals surface area contributed by atoms with Crippen LogP contribution in [-0.4, -0.2) is 85.9 Å². The molecule has 2 atom stereocenters. The van der Waals surface area contributed by atoms with Crippen LogP contribution in [0.2, 0.25) is 5.02 Å². The molecule has 25 heavy (non-hydrogen) atoms. The van der Waals surface area contributed by atoms with Gasteiger partial charge in [0.2, 0.25) is 0 Å². The normalized spacial score (nSPS) is 23.3. The Morgan fingerprint density at radius 3 is 2.80 bits per heavy atom. The number of likely N-dealkylation sites (N-methyl/N-ethyl adjacent to an activating group) is 1. The summed E-state index contributed by atoms with van der Waals surface area (Å²) in [6, 6.07) is 1.74. The second-order valence-electron chi connectivity index (χ2n) is 6.56. The first-order chi connectivity index (χ1) is 12.0. The summed E-state index contributed by atoms with van der Waals surface area (Å²) in [5.41, 5.74) is 0.499. The van der Waals surface area contributed by atoms with E-state index in [-0.39, 0.29) is 18.1 Å². The molecule has 0 bridgehead atoms. The monoisotopic (exact) mass is 368 g/mol. The first-order valence-electron chi connectivity index (χ1n) is 8.64. The Labute approximate surface area is 153 Å². The summed E-state index contributed by atoms with van der Waals surface area (Å²) in [6.45, 7) is 6.91. The summed E-state index contributed by atoms with van der Waals surface area (Å²) < 4.78 is 11.1. The quantitative estimate of drug-likeness (QED) is 0.865. The highest BCUT2D eigenvalue weighted by molar-refractivity contribution is 6.33. The number of nitrogens with one attached hydrogen (secondary N) is 1. The number of halogens is 1. The van der Waals surface area contributed by atoms with Gasteiger partial charge in [-0.25, -0.2) is 4.98 Å². The number of hydrogen-bond donors (Lipinski definition) is 1. The highest BCUT2D eigenvalue weighted by Gasteiger charge is 2.25. The summed E-state index contributed by atoms with van der Waals surface area (Å²) in [6.07, 6.45) is 1.65. The molecule has 138 valence electrons. The lowest BCUT2D eigenvalue weighted by molar-refractivity contribution is -0.0259. The minimum Gasteiger partial charge on any atom is -0.378 e. The maximum atomic E-state index is 12.5. The van der Waals surface area contributed by atoms with Gasteiger partial charge < -0.3 is 24.6 Å². The molecule has 0 aliphatic carbocycles. The van der Waals surface area contributed by atoms with Crippen LogP contribution in [0.5, 0.6) is 0 Å². The van der Waals surface area contributed by atoms with E-state index in [1.165, 1.54) is 0 Å². The minimum atomic E-state index is -0.0606. The van der Waals surface area contributed by atoms with E-state index in [9.17, 15) is 4.79 Å². The molecule has 1 aromatic rings. The minimum absolute atomic E-state index is 0.0606. The van der Waals surface area contributed by atoms with Gasteiger partial charge in [-0.15, -0.1) is 0 Å². The zero-order valence-corrected chi connectivity index (χ0v) is 15.5. The third kappa shape index (κ3) is 4.61. The van der Waals surface area contributed by atoms with E-state index in [0.717, 1.165) is 19.7 Å². The smallest absolute Gasteiger partial charge is 0.255 e. The van der Waals surface area contributed by atoms with E-state index >= 15 is 0 Å². The van der Waals surface area contributed by atoms with E-state index in [2.05, 4.69) is 29.2 Å². The molecule has 1 amide bonds. The molecule has 8 heteroatoms. The summed E-state index contributed by atoms with van der Waals surface area (Å²) in [5.74, 6) is 0.513. The third-order valence-corrected chi connectivity index (χ3v) is 4.89. The van der Waals surface area contributed by atoms with Crippen LogP contribution in [0.15, 0.2) is 12.3 Å². The Hall–Kier alpha value is -1.41. The van der Waals surface area contributed by atoms with Crippen LogP contribution >= 0.6 is 11.6 Å². The number of amides is 1. The average Bonchev–Trinajstić information content (AvgIpc) is 2.63. The Balaban J connectivity index is 1.64. The standard InChI is InChI=1S/C17H25ClN4O3/c1-12(15-11-21(2)3-8-25-15)20-16-14(18)9-13(10-19-16)17(23)22-4-6-24-7-5-22/h9-10,12,15H,3-8,11H2,1-2H3,(H,19,20). The number of carbonyl (C=O) groups is 1. The molecule has 1 aromatic heterocycles. The number of carbonyl (C=O) groups excluding carboxylic acids is 1. The Morgan fingerprint density at radius 1 is 1.36 bits per heavy atom. The van der Waals surface area contributed by atoms with Crippen LogP contribution in [0.4, 0.5) is 5.82 Å². The van der Waals surface area contributed by atoms with Gasteiger partial charge in [-0.2, -0.15) is 0 Å². The fourth-order valence-electron chi connectivity index (χ4n) is 3.03. The maximum absolute atomic E-state index is 12.5. The molecular formula is C17H25ClN4O3. The van der Waals surface area contributed by atoms with Crippen LogP contribution in [0, 0.1) is 0 Å². The molecule has 0 aromatic carbocycles. The summed E-state index contributed by atoms with van der Waals surface area (Å²) in [7, 11) is 2.08. The van der Waals surface area contributed by atoms with Crippen molar-refractivity contribution in [2.45, 2.75) is 19.1 Å². The van der Waals surface area contributed by atoms with Crippen molar-refractivity contribution in [1.82, 2.24) is 14.8 Å². The topological polar surface area (TPSA) is 66.9 Å². The van der Waals surface area contributed by atoms with Gasteiger partial charge in [0.05, 0.1) is 42.6 Å². The van der Waals surface area contributed by atoms with Gasteiger partial charge in [0, 0.05) is 32.4 Å². The average molecular weight is 369 g/mol. The molecule has 0 spiro atoms.